The molecule has 1 N–H and O–H groups in total. The number of nitrogens with one attached hydrogen (secondary N) is 1. The summed E-state index contributed by atoms with van der Waals surface area (Å²) in [5, 5.41) is 8.12. The van der Waals surface area contributed by atoms with E-state index < -0.39 is 11.4 Å². The fourth-order valence-electron chi connectivity index (χ4n) is 4.49. The van der Waals surface area contributed by atoms with E-state index in [0.717, 1.165) is 35.9 Å². The van der Waals surface area contributed by atoms with Crippen LogP contribution in [0.25, 0.3) is 16.6 Å². The van der Waals surface area contributed by atoms with E-state index in [1.165, 1.54) is 6.07 Å². The third-order valence-electron chi connectivity index (χ3n) is 6.38. The Balaban J connectivity index is 1.23. The van der Waals surface area contributed by atoms with Crippen molar-refractivity contribution < 1.29 is 13.9 Å². The summed E-state index contributed by atoms with van der Waals surface area (Å²) in [6.07, 6.45) is 7.58. The Labute approximate surface area is 215 Å². The molecule has 1 saturated heterocycles. The summed E-state index contributed by atoms with van der Waals surface area (Å²) < 4.78 is 21.8. The van der Waals surface area contributed by atoms with Crippen LogP contribution in [-0.4, -0.2) is 49.4 Å². The number of aromatic nitrogens is 4. The van der Waals surface area contributed by atoms with Crippen molar-refractivity contribution in [3.8, 4) is 5.69 Å². The Kier molecular flexibility index (Phi) is 6.78. The average Bonchev–Trinajstić information content (AvgIpc) is 3.40. The zero-order chi connectivity index (χ0) is 26.0. The molecule has 9 heteroatoms. The monoisotopic (exact) mass is 502 g/mol. The second-order valence-electron chi connectivity index (χ2n) is 10.4. The highest BCUT2D eigenvalue weighted by atomic mass is 19.1. The van der Waals surface area contributed by atoms with Crippen LogP contribution < -0.4 is 5.32 Å². The molecule has 5 rings (SSSR count). The summed E-state index contributed by atoms with van der Waals surface area (Å²) >= 11 is 0. The maximum absolute atomic E-state index is 14.7. The van der Waals surface area contributed by atoms with Gasteiger partial charge in [0.2, 0.25) is 0 Å². The highest BCUT2D eigenvalue weighted by Crippen LogP contribution is 2.26. The number of pyridine rings is 2. The van der Waals surface area contributed by atoms with Gasteiger partial charge in [0, 0.05) is 54.9 Å². The van der Waals surface area contributed by atoms with Gasteiger partial charge in [-0.15, -0.1) is 0 Å². The Morgan fingerprint density at radius 3 is 2.68 bits per heavy atom. The summed E-state index contributed by atoms with van der Waals surface area (Å²) in [6.45, 7) is 7.03. The number of hydrogen-bond acceptors (Lipinski definition) is 6. The number of rotatable bonds is 5. The molecule has 8 nitrogen and oxygen atoms in total. The highest BCUT2D eigenvalue weighted by molar-refractivity contribution is 5.81. The van der Waals surface area contributed by atoms with Gasteiger partial charge in [-0.25, -0.2) is 18.9 Å². The molecule has 0 unspecified atom stereocenters. The number of ether oxygens (including phenoxy) is 1. The molecule has 1 aliphatic heterocycles. The molecule has 0 bridgehead atoms. The number of hydrogen-bond donors (Lipinski definition) is 1. The van der Waals surface area contributed by atoms with Crippen molar-refractivity contribution in [2.75, 3.05) is 18.4 Å². The number of likely N-dealkylation sites (tertiary alicyclic amines) is 1. The molecule has 0 saturated carbocycles. The van der Waals surface area contributed by atoms with E-state index in [2.05, 4.69) is 15.4 Å². The van der Waals surface area contributed by atoms with Crippen molar-refractivity contribution in [2.45, 2.75) is 45.6 Å². The van der Waals surface area contributed by atoms with Gasteiger partial charge < -0.3 is 15.0 Å². The number of piperidine rings is 1. The molecule has 0 spiro atoms. The quantitative estimate of drug-likeness (QED) is 0.366. The van der Waals surface area contributed by atoms with Gasteiger partial charge in [0.15, 0.2) is 0 Å². The first-order valence-corrected chi connectivity index (χ1v) is 12.5. The molecule has 4 heterocycles. The molecule has 0 aliphatic carbocycles. The number of fused-ring (bicyclic) bond motifs is 1. The van der Waals surface area contributed by atoms with Crippen LogP contribution in [0.5, 0.6) is 0 Å². The van der Waals surface area contributed by atoms with Crippen LogP contribution in [0.2, 0.25) is 0 Å². The van der Waals surface area contributed by atoms with Crippen molar-refractivity contribution in [1.29, 1.82) is 0 Å². The van der Waals surface area contributed by atoms with E-state index in [-0.39, 0.29) is 6.09 Å². The molecular weight excluding hydrogens is 471 g/mol. The molecule has 0 atom stereocenters. The van der Waals surface area contributed by atoms with E-state index in [9.17, 15) is 9.18 Å². The topological polar surface area (TPSA) is 85.2 Å². The molecule has 1 aromatic carbocycles. The van der Waals surface area contributed by atoms with E-state index in [1.54, 1.807) is 46.4 Å². The summed E-state index contributed by atoms with van der Waals surface area (Å²) in [6, 6.07) is 12.6. The Morgan fingerprint density at radius 1 is 1.16 bits per heavy atom. The fourth-order valence-corrected chi connectivity index (χ4v) is 4.49. The standard InChI is InChI=1S/C28H31FN6O2/c1-28(2,3)37-27(36)34-13-9-19(10-14-34)15-21-6-5-20-18-30-26(17-25(20)32-21)33-24-8-7-22(16-23(24)29)35-12-4-11-31-35/h4-8,11-12,16-19H,9-10,13-15H2,1-3H3,(H,30,33). The summed E-state index contributed by atoms with van der Waals surface area (Å²) in [5.74, 6) is 0.577. The molecule has 4 aromatic rings. The minimum Gasteiger partial charge on any atom is -0.444 e. The van der Waals surface area contributed by atoms with Crippen LogP contribution in [0, 0.1) is 11.7 Å². The van der Waals surface area contributed by atoms with Crippen LogP contribution in [0.15, 0.2) is 61.1 Å². The second kappa shape index (κ2) is 10.2. The average molecular weight is 503 g/mol. The smallest absolute Gasteiger partial charge is 0.410 e. The van der Waals surface area contributed by atoms with Crippen LogP contribution in [-0.2, 0) is 11.2 Å². The number of anilines is 2. The third kappa shape index (κ3) is 6.04. The van der Waals surface area contributed by atoms with Crippen molar-refractivity contribution >= 4 is 28.5 Å². The summed E-state index contributed by atoms with van der Waals surface area (Å²) in [4.78, 5) is 23.4. The number of carbonyl (C=O) groups is 1. The lowest BCUT2D eigenvalue weighted by molar-refractivity contribution is 0.0184. The number of benzene rings is 1. The molecule has 192 valence electrons. The molecule has 1 amide bonds. The number of halogens is 1. The largest absolute Gasteiger partial charge is 0.444 e. The van der Waals surface area contributed by atoms with Crippen molar-refractivity contribution in [1.82, 2.24) is 24.6 Å². The molecule has 0 radical (unpaired) electrons. The van der Waals surface area contributed by atoms with Crippen LogP contribution in [0.1, 0.15) is 39.3 Å². The molecule has 1 aliphatic rings. The lowest BCUT2D eigenvalue weighted by Crippen LogP contribution is -2.42. The SMILES string of the molecule is CC(C)(C)OC(=O)N1CCC(Cc2ccc3cnc(Nc4ccc(-n5cccn5)cc4F)cc3n2)CC1. The van der Waals surface area contributed by atoms with Crippen LogP contribution in [0.3, 0.4) is 0 Å². The zero-order valence-electron chi connectivity index (χ0n) is 21.3. The molecule has 3 aromatic heterocycles. The van der Waals surface area contributed by atoms with Gasteiger partial charge in [0.25, 0.3) is 0 Å². The second-order valence-corrected chi connectivity index (χ2v) is 10.4. The lowest BCUT2D eigenvalue weighted by Gasteiger charge is -2.33. The number of amides is 1. The minimum atomic E-state index is -0.485. The van der Waals surface area contributed by atoms with Gasteiger partial charge in [-0.2, -0.15) is 5.10 Å². The first-order valence-electron chi connectivity index (χ1n) is 12.5. The van der Waals surface area contributed by atoms with Crippen molar-refractivity contribution in [3.63, 3.8) is 0 Å². The van der Waals surface area contributed by atoms with E-state index in [1.807, 2.05) is 39.0 Å². The van der Waals surface area contributed by atoms with Crippen molar-refractivity contribution in [3.05, 3.63) is 72.6 Å². The van der Waals surface area contributed by atoms with Gasteiger partial charge in [0.1, 0.15) is 17.2 Å². The Bertz CT molecular complexity index is 1390. The predicted molar refractivity (Wildman–Crippen MR) is 141 cm³/mol. The first-order chi connectivity index (χ1) is 17.7. The van der Waals surface area contributed by atoms with E-state index in [4.69, 9.17) is 9.72 Å². The highest BCUT2D eigenvalue weighted by Gasteiger charge is 2.27. The molecule has 1 fully saturated rings. The van der Waals surface area contributed by atoms with E-state index >= 15 is 0 Å². The van der Waals surface area contributed by atoms with Gasteiger partial charge >= 0.3 is 6.09 Å². The maximum Gasteiger partial charge on any atom is 0.410 e. The summed E-state index contributed by atoms with van der Waals surface area (Å²) in [7, 11) is 0. The minimum absolute atomic E-state index is 0.241. The van der Waals surface area contributed by atoms with Crippen LogP contribution >= 0.6 is 0 Å². The molecular formula is C28H31FN6O2. The van der Waals surface area contributed by atoms with Gasteiger partial charge in [-0.3, -0.25) is 4.98 Å². The number of carbonyl (C=O) groups excluding carboxylic acids is 1. The number of nitrogens with zero attached hydrogens (tertiary/aromatic N) is 5. The Morgan fingerprint density at radius 2 is 1.97 bits per heavy atom. The summed E-state index contributed by atoms with van der Waals surface area (Å²) in [5.41, 5.74) is 2.28. The zero-order valence-corrected chi connectivity index (χ0v) is 21.3. The van der Waals surface area contributed by atoms with E-state index in [0.29, 0.717) is 36.2 Å². The lowest BCUT2D eigenvalue weighted by atomic mass is 9.92. The van der Waals surface area contributed by atoms with Gasteiger partial charge in [-0.1, -0.05) is 0 Å². The first kappa shape index (κ1) is 24.7. The fraction of sp³-hybridized carbons (Fsp3) is 0.357. The predicted octanol–water partition coefficient (Wildman–Crippen LogP) is 5.89. The van der Waals surface area contributed by atoms with Gasteiger partial charge in [0.05, 0.1) is 16.9 Å². The van der Waals surface area contributed by atoms with Gasteiger partial charge in [-0.05, 0) is 76.3 Å². The maximum atomic E-state index is 14.7. The normalized spacial score (nSPS) is 14.6. The van der Waals surface area contributed by atoms with Crippen LogP contribution in [0.4, 0.5) is 20.7 Å². The Hall–Kier alpha value is -4.01. The van der Waals surface area contributed by atoms with Crippen molar-refractivity contribution in [2.24, 2.45) is 5.92 Å². The third-order valence-corrected chi connectivity index (χ3v) is 6.38. The molecule has 37 heavy (non-hydrogen) atoms.